The van der Waals surface area contributed by atoms with Gasteiger partial charge < -0.3 is 10.1 Å². The second-order valence-corrected chi connectivity index (χ2v) is 6.41. The number of nitrogens with one attached hydrogen (secondary N) is 1. The number of benzene rings is 1. The molecule has 0 aromatic heterocycles. The van der Waals surface area contributed by atoms with Crippen LogP contribution in [0.25, 0.3) is 0 Å². The molecule has 0 amide bonds. The topological polar surface area (TPSA) is 21.3 Å². The van der Waals surface area contributed by atoms with Gasteiger partial charge in [0.05, 0.1) is 12.2 Å². The highest BCUT2D eigenvalue weighted by Gasteiger charge is 2.29. The van der Waals surface area contributed by atoms with Gasteiger partial charge in [0.15, 0.2) is 0 Å². The Morgan fingerprint density at radius 2 is 2.15 bits per heavy atom. The van der Waals surface area contributed by atoms with Gasteiger partial charge >= 0.3 is 0 Å². The zero-order valence-corrected chi connectivity index (χ0v) is 13.7. The van der Waals surface area contributed by atoms with Crippen molar-refractivity contribution >= 4 is 23.2 Å². The van der Waals surface area contributed by atoms with Crippen LogP contribution < -0.4 is 5.32 Å². The van der Waals surface area contributed by atoms with Crippen LogP contribution in [-0.2, 0) is 11.2 Å². The maximum Gasteiger partial charge on any atom is 0.0735 e. The summed E-state index contributed by atoms with van der Waals surface area (Å²) in [5.74, 6) is 0. The minimum absolute atomic E-state index is 0.270. The molecule has 20 heavy (non-hydrogen) atoms. The maximum atomic E-state index is 6.28. The number of halogens is 2. The lowest BCUT2D eigenvalue weighted by molar-refractivity contribution is 0.0321. The summed E-state index contributed by atoms with van der Waals surface area (Å²) in [4.78, 5) is 0. The number of ether oxygens (including phenoxy) is 1. The monoisotopic (exact) mass is 315 g/mol. The molecular formula is C16H23Cl2NO. The van der Waals surface area contributed by atoms with Crippen molar-refractivity contribution in [1.82, 2.24) is 5.32 Å². The minimum Gasteiger partial charge on any atom is -0.374 e. The first-order valence-corrected chi connectivity index (χ1v) is 8.18. The lowest BCUT2D eigenvalue weighted by Crippen LogP contribution is -2.42. The molecule has 0 bridgehead atoms. The Labute approximate surface area is 131 Å². The lowest BCUT2D eigenvalue weighted by Gasteiger charge is -2.25. The predicted molar refractivity (Wildman–Crippen MR) is 85.8 cm³/mol. The Bertz CT molecular complexity index is 438. The van der Waals surface area contributed by atoms with Gasteiger partial charge in [-0.3, -0.25) is 0 Å². The Kier molecular flexibility index (Phi) is 6.16. The van der Waals surface area contributed by atoms with Crippen molar-refractivity contribution in [2.75, 3.05) is 6.54 Å². The fourth-order valence-electron chi connectivity index (χ4n) is 2.73. The molecular weight excluding hydrogens is 293 g/mol. The van der Waals surface area contributed by atoms with Crippen molar-refractivity contribution in [3.8, 4) is 0 Å². The summed E-state index contributed by atoms with van der Waals surface area (Å²) >= 11 is 12.4. The highest BCUT2D eigenvalue weighted by molar-refractivity contribution is 6.33. The Morgan fingerprint density at radius 1 is 1.35 bits per heavy atom. The molecule has 0 radical (unpaired) electrons. The second kappa shape index (κ2) is 7.65. The summed E-state index contributed by atoms with van der Waals surface area (Å²) in [5.41, 5.74) is 1.09. The molecule has 1 N–H and O–H groups in total. The van der Waals surface area contributed by atoms with E-state index < -0.39 is 0 Å². The van der Waals surface area contributed by atoms with E-state index >= 15 is 0 Å². The fourth-order valence-corrected chi connectivity index (χ4v) is 3.12. The van der Waals surface area contributed by atoms with Crippen LogP contribution in [-0.4, -0.2) is 24.8 Å². The molecule has 112 valence electrons. The van der Waals surface area contributed by atoms with E-state index in [2.05, 4.69) is 19.2 Å². The van der Waals surface area contributed by atoms with Gasteiger partial charge in [0, 0.05) is 16.1 Å². The molecule has 1 aromatic rings. The van der Waals surface area contributed by atoms with Crippen LogP contribution in [0, 0.1) is 0 Å². The van der Waals surface area contributed by atoms with Crippen molar-refractivity contribution in [3.05, 3.63) is 33.8 Å². The average Bonchev–Trinajstić information content (AvgIpc) is 2.85. The lowest BCUT2D eigenvalue weighted by atomic mass is 9.99. The summed E-state index contributed by atoms with van der Waals surface area (Å²) in [6.45, 7) is 5.31. The first-order chi connectivity index (χ1) is 9.60. The minimum atomic E-state index is 0.270. The van der Waals surface area contributed by atoms with E-state index in [1.807, 2.05) is 18.2 Å². The van der Waals surface area contributed by atoms with Gasteiger partial charge in [0.2, 0.25) is 0 Å². The molecule has 1 aliphatic rings. The molecule has 1 aromatic carbocycles. The highest BCUT2D eigenvalue weighted by atomic mass is 35.5. The van der Waals surface area contributed by atoms with E-state index in [1.165, 1.54) is 0 Å². The third kappa shape index (κ3) is 4.36. The maximum absolute atomic E-state index is 6.28. The molecule has 1 aliphatic heterocycles. The van der Waals surface area contributed by atoms with Crippen LogP contribution in [0.15, 0.2) is 18.2 Å². The van der Waals surface area contributed by atoms with E-state index in [4.69, 9.17) is 27.9 Å². The Balaban J connectivity index is 2.08. The first-order valence-electron chi connectivity index (χ1n) is 7.43. The molecule has 2 rings (SSSR count). The van der Waals surface area contributed by atoms with Crippen LogP contribution in [0.3, 0.4) is 0 Å². The van der Waals surface area contributed by atoms with Crippen LogP contribution in [0.4, 0.5) is 0 Å². The molecule has 0 aliphatic carbocycles. The molecule has 0 spiro atoms. The zero-order valence-electron chi connectivity index (χ0n) is 12.2. The average molecular weight is 316 g/mol. The Morgan fingerprint density at radius 3 is 2.80 bits per heavy atom. The van der Waals surface area contributed by atoms with E-state index in [0.29, 0.717) is 12.1 Å². The van der Waals surface area contributed by atoms with Crippen LogP contribution in [0.2, 0.25) is 10.0 Å². The van der Waals surface area contributed by atoms with Crippen molar-refractivity contribution in [3.63, 3.8) is 0 Å². The van der Waals surface area contributed by atoms with Crippen LogP contribution in [0.1, 0.15) is 38.7 Å². The molecule has 1 heterocycles. The smallest absolute Gasteiger partial charge is 0.0735 e. The number of hydrogen-bond donors (Lipinski definition) is 1. The zero-order chi connectivity index (χ0) is 14.5. The van der Waals surface area contributed by atoms with Crippen LogP contribution >= 0.6 is 23.2 Å². The second-order valence-electron chi connectivity index (χ2n) is 5.56. The molecule has 1 fully saturated rings. The van der Waals surface area contributed by atoms with E-state index in [0.717, 1.165) is 47.8 Å². The first kappa shape index (κ1) is 16.1. The molecule has 4 heteroatoms. The highest BCUT2D eigenvalue weighted by Crippen LogP contribution is 2.27. The summed E-state index contributed by atoms with van der Waals surface area (Å²) in [5, 5.41) is 5.12. The van der Waals surface area contributed by atoms with E-state index in [-0.39, 0.29) is 6.10 Å². The SMILES string of the molecule is CCCNC(Cc1cc(Cl)ccc1Cl)C1CCC(C)O1. The summed E-state index contributed by atoms with van der Waals surface area (Å²) in [6, 6.07) is 5.96. The third-order valence-corrected chi connectivity index (χ3v) is 4.42. The molecule has 3 unspecified atom stereocenters. The Hall–Kier alpha value is -0.280. The summed E-state index contributed by atoms with van der Waals surface area (Å²) in [7, 11) is 0. The van der Waals surface area contributed by atoms with Crippen LogP contribution in [0.5, 0.6) is 0 Å². The third-order valence-electron chi connectivity index (χ3n) is 3.82. The normalized spacial score (nSPS) is 24.0. The fraction of sp³-hybridized carbons (Fsp3) is 0.625. The van der Waals surface area contributed by atoms with Gasteiger partial charge in [-0.25, -0.2) is 0 Å². The summed E-state index contributed by atoms with van der Waals surface area (Å²) < 4.78 is 6.02. The number of hydrogen-bond acceptors (Lipinski definition) is 2. The van der Waals surface area contributed by atoms with Crippen molar-refractivity contribution in [1.29, 1.82) is 0 Å². The van der Waals surface area contributed by atoms with Crippen molar-refractivity contribution in [2.24, 2.45) is 0 Å². The van der Waals surface area contributed by atoms with Gasteiger partial charge in [-0.1, -0.05) is 30.1 Å². The van der Waals surface area contributed by atoms with Gasteiger partial charge in [0.25, 0.3) is 0 Å². The predicted octanol–water partition coefficient (Wildman–Crippen LogP) is 4.47. The van der Waals surface area contributed by atoms with E-state index in [9.17, 15) is 0 Å². The molecule has 1 saturated heterocycles. The molecule has 0 saturated carbocycles. The van der Waals surface area contributed by atoms with E-state index in [1.54, 1.807) is 0 Å². The van der Waals surface area contributed by atoms with Gasteiger partial charge in [0.1, 0.15) is 0 Å². The molecule has 2 nitrogen and oxygen atoms in total. The van der Waals surface area contributed by atoms with Gasteiger partial charge in [-0.2, -0.15) is 0 Å². The van der Waals surface area contributed by atoms with Crippen molar-refractivity contribution in [2.45, 2.75) is 57.8 Å². The van der Waals surface area contributed by atoms with Gasteiger partial charge in [-0.15, -0.1) is 0 Å². The quantitative estimate of drug-likeness (QED) is 0.836. The summed E-state index contributed by atoms with van der Waals surface area (Å²) in [6.07, 6.45) is 4.85. The van der Waals surface area contributed by atoms with Crippen molar-refractivity contribution < 1.29 is 4.74 Å². The van der Waals surface area contributed by atoms with Gasteiger partial charge in [-0.05, 0) is 62.9 Å². The largest absolute Gasteiger partial charge is 0.374 e. The standard InChI is InChI=1S/C16H23Cl2NO/c1-3-8-19-15(16-7-4-11(2)20-16)10-12-9-13(17)5-6-14(12)18/h5-6,9,11,15-16,19H,3-4,7-8,10H2,1-2H3. The molecule has 3 atom stereocenters. The number of rotatable bonds is 6.